The Morgan fingerprint density at radius 1 is 1.23 bits per heavy atom. The molecule has 0 unspecified atom stereocenters. The van der Waals surface area contributed by atoms with E-state index < -0.39 is 0 Å². The molecule has 0 saturated carbocycles. The van der Waals surface area contributed by atoms with Gasteiger partial charge in [-0.05, 0) is 37.3 Å². The van der Waals surface area contributed by atoms with Crippen molar-refractivity contribution in [1.29, 1.82) is 0 Å². The molecule has 3 aliphatic heterocycles. The molecule has 2 aromatic heterocycles. The summed E-state index contributed by atoms with van der Waals surface area (Å²) in [6, 6.07) is 6.39. The van der Waals surface area contributed by atoms with Crippen LogP contribution in [-0.2, 0) is 17.8 Å². The van der Waals surface area contributed by atoms with Crippen LogP contribution in [0.15, 0.2) is 29.8 Å². The van der Waals surface area contributed by atoms with Crippen molar-refractivity contribution in [3.63, 3.8) is 0 Å². The Balaban J connectivity index is 1.37. The lowest BCUT2D eigenvalue weighted by molar-refractivity contribution is -0.135. The molecule has 2 aromatic rings. The summed E-state index contributed by atoms with van der Waals surface area (Å²) < 4.78 is 0. The van der Waals surface area contributed by atoms with Crippen molar-refractivity contribution in [2.75, 3.05) is 25.4 Å². The van der Waals surface area contributed by atoms with Gasteiger partial charge in [-0.1, -0.05) is 6.07 Å². The Hall–Kier alpha value is -1.99. The largest absolute Gasteiger partial charge is 0.375 e. The summed E-state index contributed by atoms with van der Waals surface area (Å²) >= 11 is 1.44. The molecule has 0 aromatic carbocycles. The predicted molar refractivity (Wildman–Crippen MR) is 103 cm³/mol. The number of carbonyl (C=O) groups excluding carboxylic acids is 1. The lowest BCUT2D eigenvalue weighted by Crippen LogP contribution is -2.47. The van der Waals surface area contributed by atoms with Crippen molar-refractivity contribution >= 4 is 22.4 Å². The third kappa shape index (κ3) is 4.04. The molecule has 3 saturated heterocycles. The number of hydrogen-bond donors (Lipinski definition) is 1. The first kappa shape index (κ1) is 17.4. The predicted octanol–water partition coefficient (Wildman–Crippen LogP) is 2.18. The van der Waals surface area contributed by atoms with Crippen molar-refractivity contribution in [3.8, 4) is 0 Å². The van der Waals surface area contributed by atoms with Crippen molar-refractivity contribution in [2.24, 2.45) is 5.92 Å². The van der Waals surface area contributed by atoms with E-state index in [9.17, 15) is 4.79 Å². The molecule has 7 heteroatoms. The monoisotopic (exact) mass is 371 g/mol. The van der Waals surface area contributed by atoms with Gasteiger partial charge >= 0.3 is 0 Å². The number of carbonyl (C=O) groups is 1. The molecule has 0 radical (unpaired) electrons. The molecule has 6 nitrogen and oxygen atoms in total. The summed E-state index contributed by atoms with van der Waals surface area (Å²) in [5.74, 6) is 0.822. The molecule has 2 N–H and O–H groups in total. The van der Waals surface area contributed by atoms with Crippen LogP contribution in [0.2, 0.25) is 0 Å². The van der Waals surface area contributed by atoms with Gasteiger partial charge in [0.1, 0.15) is 0 Å². The maximum Gasteiger partial charge on any atom is 0.223 e. The first-order chi connectivity index (χ1) is 12.7. The number of nitrogens with two attached hydrogens (primary N) is 1. The highest BCUT2D eigenvalue weighted by molar-refractivity contribution is 7.13. The van der Waals surface area contributed by atoms with E-state index >= 15 is 0 Å². The number of amides is 1. The molecule has 5 heterocycles. The first-order valence-corrected chi connectivity index (χ1v) is 10.2. The molecule has 2 bridgehead atoms. The van der Waals surface area contributed by atoms with Crippen LogP contribution < -0.4 is 5.73 Å². The van der Waals surface area contributed by atoms with Gasteiger partial charge in [-0.15, -0.1) is 11.3 Å². The van der Waals surface area contributed by atoms with E-state index in [1.54, 1.807) is 0 Å². The number of fused-ring (bicyclic) bond motifs is 4. The molecule has 0 aliphatic carbocycles. The number of piperidine rings is 1. The quantitative estimate of drug-likeness (QED) is 0.872. The molecule has 26 heavy (non-hydrogen) atoms. The summed E-state index contributed by atoms with van der Waals surface area (Å²) in [5, 5.41) is 2.53. The lowest BCUT2D eigenvalue weighted by atomic mass is 9.94. The summed E-state index contributed by atoms with van der Waals surface area (Å²) in [6.07, 6.45) is 5.38. The second kappa shape index (κ2) is 7.72. The standard InChI is InChI=1S/C19H25N5OS/c20-19-22-16(13-26-19)5-7-18(25)24-10-14-4-6-17(24)12-23(9-14)11-15-3-1-2-8-21-15/h1-3,8,13-14,17H,4-7,9-12H2,(H2,20,22)/t14-,17+/m1/s1. The lowest BCUT2D eigenvalue weighted by Gasteiger charge is -2.36. The molecular formula is C19H25N5OS. The zero-order valence-electron chi connectivity index (χ0n) is 14.9. The van der Waals surface area contributed by atoms with E-state index in [1.165, 1.54) is 17.8 Å². The Morgan fingerprint density at radius 3 is 2.92 bits per heavy atom. The smallest absolute Gasteiger partial charge is 0.223 e. The van der Waals surface area contributed by atoms with E-state index in [1.807, 2.05) is 23.7 Å². The van der Waals surface area contributed by atoms with Crippen LogP contribution in [0.25, 0.3) is 0 Å². The second-order valence-corrected chi connectivity index (χ2v) is 8.23. The Morgan fingerprint density at radius 2 is 2.15 bits per heavy atom. The Labute approximate surface area is 158 Å². The van der Waals surface area contributed by atoms with Crippen LogP contribution in [0, 0.1) is 5.92 Å². The highest BCUT2D eigenvalue weighted by Gasteiger charge is 2.36. The minimum absolute atomic E-state index is 0.256. The third-order valence-corrected chi connectivity index (χ3v) is 6.11. The van der Waals surface area contributed by atoms with E-state index in [-0.39, 0.29) is 5.91 Å². The average Bonchev–Trinajstić information content (AvgIpc) is 2.87. The maximum absolute atomic E-state index is 12.8. The minimum atomic E-state index is 0.256. The molecule has 3 aliphatic rings. The van der Waals surface area contributed by atoms with Crippen LogP contribution in [0.3, 0.4) is 0 Å². The number of hydrogen-bond acceptors (Lipinski definition) is 6. The van der Waals surface area contributed by atoms with Crippen molar-refractivity contribution < 1.29 is 4.79 Å². The average molecular weight is 372 g/mol. The normalized spacial score (nSPS) is 23.2. The van der Waals surface area contributed by atoms with Crippen molar-refractivity contribution in [2.45, 2.75) is 38.3 Å². The fraction of sp³-hybridized carbons (Fsp3) is 0.526. The minimum Gasteiger partial charge on any atom is -0.375 e. The van der Waals surface area contributed by atoms with E-state index in [2.05, 4.69) is 25.8 Å². The number of aromatic nitrogens is 2. The van der Waals surface area contributed by atoms with E-state index in [0.717, 1.165) is 44.0 Å². The number of rotatable bonds is 5. The van der Waals surface area contributed by atoms with Gasteiger partial charge in [-0.2, -0.15) is 0 Å². The molecule has 3 fully saturated rings. The molecule has 138 valence electrons. The fourth-order valence-corrected chi connectivity index (χ4v) is 4.75. The topological polar surface area (TPSA) is 75.3 Å². The molecule has 5 rings (SSSR count). The van der Waals surface area contributed by atoms with Crippen LogP contribution >= 0.6 is 11.3 Å². The Bertz CT molecular complexity index is 749. The first-order valence-electron chi connectivity index (χ1n) is 9.29. The number of anilines is 1. The highest BCUT2D eigenvalue weighted by Crippen LogP contribution is 2.29. The number of pyridine rings is 1. The SMILES string of the molecule is Nc1nc(CCC(=O)N2C[C@@H]3CC[C@H]2CN(Cc2ccccn2)C3)cs1. The summed E-state index contributed by atoms with van der Waals surface area (Å²) in [5.41, 5.74) is 7.71. The van der Waals surface area contributed by atoms with Gasteiger partial charge in [-0.3, -0.25) is 14.7 Å². The maximum atomic E-state index is 12.8. The van der Waals surface area contributed by atoms with Crippen LogP contribution in [0.1, 0.15) is 30.7 Å². The van der Waals surface area contributed by atoms with Gasteiger partial charge in [0.15, 0.2) is 5.13 Å². The zero-order chi connectivity index (χ0) is 17.9. The number of aryl methyl sites for hydroxylation is 1. The second-order valence-electron chi connectivity index (χ2n) is 7.34. The van der Waals surface area contributed by atoms with E-state index in [4.69, 9.17) is 5.73 Å². The van der Waals surface area contributed by atoms with Crippen LogP contribution in [0.4, 0.5) is 5.13 Å². The van der Waals surface area contributed by atoms with E-state index in [0.29, 0.717) is 29.9 Å². The summed E-state index contributed by atoms with van der Waals surface area (Å²) in [4.78, 5) is 26.1. The molecular weight excluding hydrogens is 346 g/mol. The van der Waals surface area contributed by atoms with Crippen molar-refractivity contribution in [1.82, 2.24) is 19.8 Å². The van der Waals surface area contributed by atoms with Gasteiger partial charge in [0.2, 0.25) is 5.91 Å². The Kier molecular flexibility index (Phi) is 5.17. The van der Waals surface area contributed by atoms with Gasteiger partial charge in [0, 0.05) is 50.2 Å². The van der Waals surface area contributed by atoms with Gasteiger partial charge < -0.3 is 10.6 Å². The van der Waals surface area contributed by atoms with Gasteiger partial charge in [-0.25, -0.2) is 4.98 Å². The van der Waals surface area contributed by atoms with Crippen molar-refractivity contribution in [3.05, 3.63) is 41.2 Å². The molecule has 2 atom stereocenters. The van der Waals surface area contributed by atoms with Crippen LogP contribution in [-0.4, -0.2) is 51.4 Å². The number of nitrogens with zero attached hydrogens (tertiary/aromatic N) is 4. The highest BCUT2D eigenvalue weighted by atomic mass is 32.1. The fourth-order valence-electron chi connectivity index (χ4n) is 4.15. The molecule has 0 spiro atoms. The summed E-state index contributed by atoms with van der Waals surface area (Å²) in [7, 11) is 0. The van der Waals surface area contributed by atoms with Gasteiger partial charge in [0.05, 0.1) is 11.4 Å². The number of thiazole rings is 1. The van der Waals surface area contributed by atoms with Gasteiger partial charge in [0.25, 0.3) is 0 Å². The zero-order valence-corrected chi connectivity index (χ0v) is 15.7. The summed E-state index contributed by atoms with van der Waals surface area (Å²) in [6.45, 7) is 3.76. The number of nitrogen functional groups attached to an aromatic ring is 1. The third-order valence-electron chi connectivity index (χ3n) is 5.39. The van der Waals surface area contributed by atoms with Crippen LogP contribution in [0.5, 0.6) is 0 Å². The molecule has 1 amide bonds.